The number of hydrogen-bond acceptors (Lipinski definition) is 3. The molecule has 0 bridgehead atoms. The number of hydrogen-bond donors (Lipinski definition) is 1. The first-order chi connectivity index (χ1) is 11.3. The quantitative estimate of drug-likeness (QED) is 0.747. The molecule has 6 heteroatoms. The second-order valence-corrected chi connectivity index (χ2v) is 10.4. The van der Waals surface area contributed by atoms with Crippen LogP contribution in [0.5, 0.6) is 0 Å². The van der Waals surface area contributed by atoms with Crippen LogP contribution in [0.1, 0.15) is 57.9 Å². The Labute approximate surface area is 149 Å². The number of sulfonamides is 1. The van der Waals surface area contributed by atoms with Crippen molar-refractivity contribution >= 4 is 21.2 Å². The number of rotatable bonds is 7. The Balaban J connectivity index is 2.03. The van der Waals surface area contributed by atoms with Gasteiger partial charge in [0, 0.05) is 12.0 Å². The second-order valence-electron chi connectivity index (χ2n) is 6.91. The summed E-state index contributed by atoms with van der Waals surface area (Å²) in [4.78, 5) is 0.835. The van der Waals surface area contributed by atoms with Gasteiger partial charge >= 0.3 is 0 Å². The molecule has 1 aromatic rings. The summed E-state index contributed by atoms with van der Waals surface area (Å²) in [6, 6.07) is 7.88. The summed E-state index contributed by atoms with van der Waals surface area (Å²) in [5.41, 5.74) is 1.24. The van der Waals surface area contributed by atoms with Gasteiger partial charge in [0.05, 0.1) is 5.75 Å². The molecule has 4 nitrogen and oxygen atoms in total. The van der Waals surface area contributed by atoms with Gasteiger partial charge in [-0.1, -0.05) is 38.8 Å². The smallest absolute Gasteiger partial charge is 0.211 e. The third kappa shape index (κ3) is 5.48. The molecule has 1 unspecified atom stereocenters. The lowest BCUT2D eigenvalue weighted by molar-refractivity contribution is 0.311. The van der Waals surface area contributed by atoms with Crippen LogP contribution in [-0.4, -0.2) is 30.5 Å². The summed E-state index contributed by atoms with van der Waals surface area (Å²) >= 11 is -1.09. The molecule has 1 aromatic carbocycles. The molecule has 0 spiro atoms. The Morgan fingerprint density at radius 3 is 2.42 bits per heavy atom. The third-order valence-electron chi connectivity index (χ3n) is 4.80. The van der Waals surface area contributed by atoms with E-state index in [0.717, 1.165) is 30.6 Å². The highest BCUT2D eigenvalue weighted by Crippen LogP contribution is 2.28. The summed E-state index contributed by atoms with van der Waals surface area (Å²) in [7, 11) is -3.22. The molecule has 0 aliphatic heterocycles. The summed E-state index contributed by atoms with van der Waals surface area (Å²) < 4.78 is 39.3. The molecular weight excluding hydrogens is 342 g/mol. The van der Waals surface area contributed by atoms with Crippen LogP contribution in [0.3, 0.4) is 0 Å². The van der Waals surface area contributed by atoms with Gasteiger partial charge in [0.2, 0.25) is 10.0 Å². The summed E-state index contributed by atoms with van der Waals surface area (Å²) in [6.45, 7) is 5.92. The average molecular weight is 372 g/mol. The number of nitrogens with one attached hydrogen (secondary N) is 1. The molecule has 136 valence electrons. The Kier molecular flexibility index (Phi) is 7.16. The Morgan fingerprint density at radius 2 is 1.83 bits per heavy atom. The fraction of sp³-hybridized carbons (Fsp3) is 0.667. The van der Waals surface area contributed by atoms with Crippen LogP contribution in [0.15, 0.2) is 29.2 Å². The second kappa shape index (κ2) is 8.70. The summed E-state index contributed by atoms with van der Waals surface area (Å²) in [6.07, 6.45) is 3.89. The molecule has 0 heterocycles. The predicted octanol–water partition coefficient (Wildman–Crippen LogP) is 3.42. The van der Waals surface area contributed by atoms with Crippen LogP contribution in [0, 0.1) is 5.92 Å². The van der Waals surface area contributed by atoms with E-state index in [4.69, 9.17) is 0 Å². The van der Waals surface area contributed by atoms with E-state index in [1.165, 1.54) is 5.56 Å². The van der Waals surface area contributed by atoms with Gasteiger partial charge in [-0.2, -0.15) is 0 Å². The maximum atomic E-state index is 12.7. The average Bonchev–Trinajstić information content (AvgIpc) is 2.56. The molecule has 0 radical (unpaired) electrons. The lowest BCUT2D eigenvalue weighted by Crippen LogP contribution is -2.44. The first kappa shape index (κ1) is 19.8. The molecule has 2 rings (SSSR count). The van der Waals surface area contributed by atoms with E-state index in [1.54, 1.807) is 6.92 Å². The van der Waals surface area contributed by atoms with E-state index < -0.39 is 21.2 Å². The van der Waals surface area contributed by atoms with Gasteiger partial charge in [0.1, 0.15) is 5.75 Å². The van der Waals surface area contributed by atoms with Crippen LogP contribution < -0.4 is 4.72 Å². The van der Waals surface area contributed by atoms with Gasteiger partial charge in [-0.15, -0.1) is 0 Å². The Morgan fingerprint density at radius 1 is 1.21 bits per heavy atom. The molecule has 1 saturated carbocycles. The molecular formula is C18H29NO3S2. The van der Waals surface area contributed by atoms with Gasteiger partial charge in [0.15, 0.2) is 4.90 Å². The van der Waals surface area contributed by atoms with Crippen molar-refractivity contribution in [2.75, 3.05) is 11.5 Å². The molecule has 24 heavy (non-hydrogen) atoms. The minimum absolute atomic E-state index is 0.0809. The van der Waals surface area contributed by atoms with Crippen LogP contribution in [0.2, 0.25) is 0 Å². The Bertz CT molecular complexity index is 614. The molecule has 1 aliphatic rings. The van der Waals surface area contributed by atoms with Crippen molar-refractivity contribution in [1.29, 1.82) is 0 Å². The van der Waals surface area contributed by atoms with Crippen molar-refractivity contribution < 1.29 is 13.0 Å². The minimum Gasteiger partial charge on any atom is -0.611 e. The van der Waals surface area contributed by atoms with E-state index in [9.17, 15) is 13.0 Å². The van der Waals surface area contributed by atoms with Crippen LogP contribution in [-0.2, 0) is 21.2 Å². The fourth-order valence-electron chi connectivity index (χ4n) is 3.17. The summed E-state index contributed by atoms with van der Waals surface area (Å²) in [5, 5.41) is 0. The monoisotopic (exact) mass is 371 g/mol. The van der Waals surface area contributed by atoms with E-state index in [-0.39, 0.29) is 17.7 Å². The molecule has 1 N–H and O–H groups in total. The van der Waals surface area contributed by atoms with Crippen molar-refractivity contribution in [3.63, 3.8) is 0 Å². The molecule has 1 fully saturated rings. The van der Waals surface area contributed by atoms with Crippen LogP contribution >= 0.6 is 0 Å². The molecule has 1 aliphatic carbocycles. The zero-order chi connectivity index (χ0) is 17.7. The van der Waals surface area contributed by atoms with Crippen LogP contribution in [0.25, 0.3) is 0 Å². The van der Waals surface area contributed by atoms with E-state index in [2.05, 4.69) is 18.6 Å². The first-order valence-corrected chi connectivity index (χ1v) is 11.8. The highest BCUT2D eigenvalue weighted by Gasteiger charge is 2.32. The normalized spacial score (nSPS) is 23.4. The SMILES string of the molecule is CCS(=O)(=O)N[C@@H]1CCCC[C@H]1C[S+]([O-])c1ccc(C(C)C)cc1. The molecule has 0 saturated heterocycles. The lowest BCUT2D eigenvalue weighted by Gasteiger charge is -2.31. The highest BCUT2D eigenvalue weighted by atomic mass is 32.2. The maximum Gasteiger partial charge on any atom is 0.211 e. The van der Waals surface area contributed by atoms with Gasteiger partial charge in [-0.3, -0.25) is 0 Å². The van der Waals surface area contributed by atoms with Gasteiger partial charge in [-0.25, -0.2) is 13.1 Å². The van der Waals surface area contributed by atoms with E-state index in [0.29, 0.717) is 11.7 Å². The minimum atomic E-state index is -3.22. The first-order valence-electron chi connectivity index (χ1n) is 8.80. The van der Waals surface area contributed by atoms with Crippen molar-refractivity contribution in [2.45, 2.75) is 63.3 Å². The largest absolute Gasteiger partial charge is 0.611 e. The van der Waals surface area contributed by atoms with Gasteiger partial charge in [0.25, 0.3) is 0 Å². The van der Waals surface area contributed by atoms with E-state index >= 15 is 0 Å². The van der Waals surface area contributed by atoms with Crippen molar-refractivity contribution in [2.24, 2.45) is 5.92 Å². The topological polar surface area (TPSA) is 69.2 Å². The molecule has 3 atom stereocenters. The molecule has 0 amide bonds. The predicted molar refractivity (Wildman–Crippen MR) is 100 cm³/mol. The third-order valence-corrected chi connectivity index (χ3v) is 7.75. The zero-order valence-electron chi connectivity index (χ0n) is 14.8. The molecule has 0 aromatic heterocycles. The standard InChI is InChI=1S/C18H29NO3S2/c1-4-24(21,22)19-18-8-6-5-7-16(18)13-23(20)17-11-9-15(10-12-17)14(2)3/h9-12,14,16,18-19H,4-8,13H2,1-3H3/t16-,18+,23?/m0/s1. The van der Waals surface area contributed by atoms with Gasteiger partial charge < -0.3 is 4.55 Å². The highest BCUT2D eigenvalue weighted by molar-refractivity contribution is 7.91. The van der Waals surface area contributed by atoms with Crippen molar-refractivity contribution in [3.8, 4) is 0 Å². The van der Waals surface area contributed by atoms with Crippen molar-refractivity contribution in [3.05, 3.63) is 29.8 Å². The van der Waals surface area contributed by atoms with Crippen LogP contribution in [0.4, 0.5) is 0 Å². The maximum absolute atomic E-state index is 12.7. The van der Waals surface area contributed by atoms with Gasteiger partial charge in [-0.05, 0) is 54.6 Å². The van der Waals surface area contributed by atoms with Crippen molar-refractivity contribution in [1.82, 2.24) is 4.72 Å². The number of benzene rings is 1. The van der Waals surface area contributed by atoms with E-state index in [1.807, 2.05) is 24.3 Å². The zero-order valence-corrected chi connectivity index (χ0v) is 16.5. The lowest BCUT2D eigenvalue weighted by atomic mass is 9.86. The summed E-state index contributed by atoms with van der Waals surface area (Å²) in [5.74, 6) is 1.22. The Hall–Kier alpha value is -0.560. The fourth-order valence-corrected chi connectivity index (χ4v) is 5.53.